The summed E-state index contributed by atoms with van der Waals surface area (Å²) < 4.78 is 0. The summed E-state index contributed by atoms with van der Waals surface area (Å²) in [5.74, 6) is 0.104. The average molecular weight is 179 g/mol. The topological polar surface area (TPSA) is 98.6 Å². The summed E-state index contributed by atoms with van der Waals surface area (Å²) in [6, 6.07) is 6.82. The zero-order chi connectivity index (χ0) is 9.68. The van der Waals surface area contributed by atoms with E-state index in [1.54, 1.807) is 24.3 Å². The molecule has 0 fully saturated rings. The van der Waals surface area contributed by atoms with E-state index in [1.807, 2.05) is 0 Å². The Balaban J connectivity index is 2.80. The van der Waals surface area contributed by atoms with Crippen molar-refractivity contribution in [2.75, 3.05) is 0 Å². The molecule has 1 aromatic carbocycles. The lowest BCUT2D eigenvalue weighted by molar-refractivity contribution is -0.456. The molecule has 0 unspecified atom stereocenters. The maximum Gasteiger partial charge on any atom is 0.256 e. The lowest BCUT2D eigenvalue weighted by atomic mass is 10.2. The molecule has 0 saturated carbocycles. The van der Waals surface area contributed by atoms with E-state index >= 15 is 0 Å². The highest BCUT2D eigenvalue weighted by Gasteiger charge is 1.97. The molecule has 0 saturated heterocycles. The molecule has 5 nitrogen and oxygen atoms in total. The highest BCUT2D eigenvalue weighted by molar-refractivity contribution is 5.79. The Bertz CT molecular complexity index is 342. The summed E-state index contributed by atoms with van der Waals surface area (Å²) in [7, 11) is 0. The van der Waals surface area contributed by atoms with E-state index in [2.05, 4.69) is 10.2 Å². The highest BCUT2D eigenvalue weighted by Crippen LogP contribution is 2.11. The largest absolute Gasteiger partial charge is 0.507 e. The van der Waals surface area contributed by atoms with Gasteiger partial charge in [0.15, 0.2) is 0 Å². The van der Waals surface area contributed by atoms with Crippen molar-refractivity contribution in [2.45, 2.75) is 0 Å². The van der Waals surface area contributed by atoms with Crippen LogP contribution in [-0.2, 0) is 0 Å². The number of aromatic hydroxyl groups is 1. The molecule has 6 N–H and O–H groups in total. The van der Waals surface area contributed by atoms with E-state index in [-0.39, 0.29) is 11.7 Å². The van der Waals surface area contributed by atoms with Gasteiger partial charge in [-0.1, -0.05) is 12.1 Å². The Labute approximate surface area is 75.4 Å². The summed E-state index contributed by atoms with van der Waals surface area (Å²) in [6.45, 7) is 0. The van der Waals surface area contributed by atoms with Crippen molar-refractivity contribution in [3.8, 4) is 5.75 Å². The van der Waals surface area contributed by atoms with Crippen LogP contribution >= 0.6 is 0 Å². The average Bonchev–Trinajstić information content (AvgIpc) is 2.08. The SMILES string of the molecule is NC(N)=N[NH+]=Cc1ccccc1O. The number of hydrogen-bond acceptors (Lipinski definition) is 2. The molecular formula is C8H11N4O+. The Morgan fingerprint density at radius 1 is 1.38 bits per heavy atom. The Kier molecular flexibility index (Phi) is 2.86. The normalized spacial score (nSPS) is 10.2. The number of nitrogens with one attached hydrogen (secondary N) is 1. The number of hydrazone groups is 1. The van der Waals surface area contributed by atoms with Crippen LogP contribution in [0.1, 0.15) is 5.56 Å². The summed E-state index contributed by atoms with van der Waals surface area (Å²) in [4.78, 5) is 0. The quantitative estimate of drug-likeness (QED) is 0.242. The third-order valence-electron chi connectivity index (χ3n) is 1.35. The number of hydrogen-bond donors (Lipinski definition) is 4. The van der Waals surface area contributed by atoms with Gasteiger partial charge in [-0.3, -0.25) is 0 Å². The van der Waals surface area contributed by atoms with E-state index in [4.69, 9.17) is 11.5 Å². The van der Waals surface area contributed by atoms with Crippen LogP contribution in [0.4, 0.5) is 0 Å². The van der Waals surface area contributed by atoms with Crippen LogP contribution in [0.3, 0.4) is 0 Å². The molecule has 0 aliphatic rings. The van der Waals surface area contributed by atoms with E-state index in [0.29, 0.717) is 5.56 Å². The fourth-order valence-electron chi connectivity index (χ4n) is 0.786. The summed E-state index contributed by atoms with van der Waals surface area (Å²) in [5.41, 5.74) is 10.8. The van der Waals surface area contributed by atoms with E-state index < -0.39 is 0 Å². The van der Waals surface area contributed by atoms with E-state index in [1.165, 1.54) is 6.21 Å². The van der Waals surface area contributed by atoms with Gasteiger partial charge >= 0.3 is 0 Å². The number of benzene rings is 1. The maximum atomic E-state index is 9.29. The fraction of sp³-hybridized carbons (Fsp3) is 0. The van der Waals surface area contributed by atoms with Crippen molar-refractivity contribution >= 4 is 12.2 Å². The first-order valence-corrected chi connectivity index (χ1v) is 3.65. The standard InChI is InChI=1S/C8H10N4O/c9-8(10)12-11-5-6-3-1-2-4-7(6)13/h1-5,13H,(H4,9,10,12)/p+1. The molecule has 0 aliphatic heterocycles. The molecule has 0 atom stereocenters. The molecule has 0 aromatic heterocycles. The number of guanidine groups is 1. The van der Waals surface area contributed by atoms with Crippen LogP contribution in [0.25, 0.3) is 0 Å². The smallest absolute Gasteiger partial charge is 0.256 e. The molecule has 0 heterocycles. The van der Waals surface area contributed by atoms with Gasteiger partial charge in [-0.25, -0.2) is 0 Å². The van der Waals surface area contributed by atoms with Gasteiger partial charge in [-0.15, -0.1) is 5.10 Å². The van der Waals surface area contributed by atoms with Crippen molar-refractivity contribution < 1.29 is 10.2 Å². The molecule has 13 heavy (non-hydrogen) atoms. The van der Waals surface area contributed by atoms with Gasteiger partial charge in [0.1, 0.15) is 5.75 Å². The maximum absolute atomic E-state index is 9.29. The molecule has 0 amide bonds. The van der Waals surface area contributed by atoms with Crippen molar-refractivity contribution in [1.82, 2.24) is 0 Å². The van der Waals surface area contributed by atoms with Gasteiger partial charge in [-0.2, -0.15) is 0 Å². The zero-order valence-corrected chi connectivity index (χ0v) is 6.94. The van der Waals surface area contributed by atoms with E-state index in [9.17, 15) is 5.11 Å². The number of nitrogens with zero attached hydrogens (tertiary/aromatic N) is 1. The first-order valence-electron chi connectivity index (χ1n) is 3.65. The lowest BCUT2D eigenvalue weighted by Gasteiger charge is -1.91. The fourth-order valence-corrected chi connectivity index (χ4v) is 0.786. The molecule has 0 spiro atoms. The van der Waals surface area contributed by atoms with Gasteiger partial charge in [-0.05, 0) is 12.1 Å². The van der Waals surface area contributed by atoms with Crippen LogP contribution < -0.4 is 16.6 Å². The molecule has 0 bridgehead atoms. The minimum Gasteiger partial charge on any atom is -0.507 e. The Morgan fingerprint density at radius 2 is 2.08 bits per heavy atom. The second-order valence-corrected chi connectivity index (χ2v) is 2.37. The van der Waals surface area contributed by atoms with Gasteiger partial charge < -0.3 is 16.6 Å². The minimum atomic E-state index is -0.0633. The van der Waals surface area contributed by atoms with Crippen molar-refractivity contribution in [2.24, 2.45) is 16.6 Å². The zero-order valence-electron chi connectivity index (χ0n) is 6.94. The number of rotatable bonds is 2. The molecule has 5 heteroatoms. The Hall–Kier alpha value is -2.04. The van der Waals surface area contributed by atoms with Gasteiger partial charge in [0.25, 0.3) is 5.96 Å². The van der Waals surface area contributed by atoms with Crippen LogP contribution in [0.15, 0.2) is 29.4 Å². The van der Waals surface area contributed by atoms with Gasteiger partial charge in [0.05, 0.1) is 5.56 Å². The lowest BCUT2D eigenvalue weighted by Crippen LogP contribution is -2.63. The summed E-state index contributed by atoms with van der Waals surface area (Å²) >= 11 is 0. The van der Waals surface area contributed by atoms with Gasteiger partial charge in [0, 0.05) is 5.10 Å². The predicted octanol–water partition coefficient (Wildman–Crippen LogP) is -1.92. The second-order valence-electron chi connectivity index (χ2n) is 2.37. The third kappa shape index (κ3) is 2.82. The first-order chi connectivity index (χ1) is 6.20. The molecule has 68 valence electrons. The van der Waals surface area contributed by atoms with Crippen LogP contribution in [-0.4, -0.2) is 17.3 Å². The first kappa shape index (κ1) is 9.05. The Morgan fingerprint density at radius 3 is 2.69 bits per heavy atom. The highest BCUT2D eigenvalue weighted by atomic mass is 16.3. The minimum absolute atomic E-state index is 0.0633. The third-order valence-corrected chi connectivity index (χ3v) is 1.35. The molecule has 1 rings (SSSR count). The summed E-state index contributed by atoms with van der Waals surface area (Å²) in [6.07, 6.45) is 1.50. The number of para-hydroxylation sites is 1. The molecule has 0 aliphatic carbocycles. The van der Waals surface area contributed by atoms with E-state index in [0.717, 1.165) is 0 Å². The molecule has 0 radical (unpaired) electrons. The number of phenolic OH excluding ortho intramolecular Hbond substituents is 1. The van der Waals surface area contributed by atoms with Crippen LogP contribution in [0, 0.1) is 0 Å². The summed E-state index contributed by atoms with van der Waals surface area (Å²) in [5, 5.41) is 15.3. The van der Waals surface area contributed by atoms with Crippen molar-refractivity contribution in [3.05, 3.63) is 29.8 Å². The van der Waals surface area contributed by atoms with Gasteiger partial charge in [0.2, 0.25) is 6.21 Å². The van der Waals surface area contributed by atoms with Crippen LogP contribution in [0.2, 0.25) is 0 Å². The predicted molar refractivity (Wildman–Crippen MR) is 50.0 cm³/mol. The van der Waals surface area contributed by atoms with Crippen molar-refractivity contribution in [1.29, 1.82) is 0 Å². The molecular weight excluding hydrogens is 168 g/mol. The second kappa shape index (κ2) is 4.10. The van der Waals surface area contributed by atoms with Crippen molar-refractivity contribution in [3.63, 3.8) is 0 Å². The monoisotopic (exact) mass is 179 g/mol. The van der Waals surface area contributed by atoms with Crippen LogP contribution in [0.5, 0.6) is 5.75 Å². The number of phenols is 1. The molecule has 1 aromatic rings. The number of nitrogens with two attached hydrogens (primary N) is 2.